The van der Waals surface area contributed by atoms with E-state index in [1.54, 1.807) is 11.8 Å². The fraction of sp³-hybridized carbons (Fsp3) is 0.600. The molecule has 1 aromatic carbocycles. The zero-order valence-electron chi connectivity index (χ0n) is 16.1. The molecule has 27 heavy (non-hydrogen) atoms. The van der Waals surface area contributed by atoms with Crippen LogP contribution < -0.4 is 11.1 Å². The first-order valence-electron chi connectivity index (χ1n) is 9.33. The van der Waals surface area contributed by atoms with E-state index in [-0.39, 0.29) is 22.7 Å². The summed E-state index contributed by atoms with van der Waals surface area (Å²) in [5, 5.41) is 2.88. The molecule has 1 saturated heterocycles. The first-order valence-corrected chi connectivity index (χ1v) is 10.2. The molecular weight excluding hydrogens is 364 g/mol. The van der Waals surface area contributed by atoms with Crippen LogP contribution in [-0.4, -0.2) is 39.7 Å². The average Bonchev–Trinajstić information content (AvgIpc) is 2.99. The molecule has 0 radical (unpaired) electrons. The molecular formula is C20H28N2O4S. The Kier molecular flexibility index (Phi) is 5.84. The second-order valence-electron chi connectivity index (χ2n) is 8.21. The minimum atomic E-state index is -0.835. The van der Waals surface area contributed by atoms with Gasteiger partial charge in [-0.25, -0.2) is 0 Å². The summed E-state index contributed by atoms with van der Waals surface area (Å²) in [6.07, 6.45) is 2.88. The number of nitrogens with one attached hydrogen (secondary N) is 1. The number of ether oxygens (including phenoxy) is 2. The molecule has 6 nitrogen and oxygen atoms in total. The van der Waals surface area contributed by atoms with Crippen molar-refractivity contribution < 1.29 is 19.1 Å². The summed E-state index contributed by atoms with van der Waals surface area (Å²) in [6, 6.07) is 8.30. The normalized spacial score (nSPS) is 24.9. The number of carbonyl (C=O) groups is 2. The molecule has 1 aromatic rings. The van der Waals surface area contributed by atoms with Gasteiger partial charge < -0.3 is 15.2 Å². The van der Waals surface area contributed by atoms with Gasteiger partial charge >= 0.3 is 11.9 Å². The van der Waals surface area contributed by atoms with Gasteiger partial charge in [-0.2, -0.15) is 0 Å². The van der Waals surface area contributed by atoms with Crippen LogP contribution in [0, 0.1) is 0 Å². The Morgan fingerprint density at radius 3 is 2.52 bits per heavy atom. The molecule has 3 rings (SSSR count). The van der Waals surface area contributed by atoms with Gasteiger partial charge in [0, 0.05) is 4.75 Å². The van der Waals surface area contributed by atoms with Crippen LogP contribution in [0.4, 0.5) is 0 Å². The van der Waals surface area contributed by atoms with Crippen LogP contribution in [0.5, 0.6) is 0 Å². The van der Waals surface area contributed by atoms with E-state index in [0.29, 0.717) is 0 Å². The number of esters is 2. The third kappa shape index (κ3) is 4.65. The van der Waals surface area contributed by atoms with Gasteiger partial charge in [-0.15, -0.1) is 11.8 Å². The van der Waals surface area contributed by atoms with Crippen LogP contribution in [-0.2, 0) is 25.7 Å². The molecule has 2 aliphatic rings. The number of hydrogen-bond donors (Lipinski definition) is 2. The smallest absolute Gasteiger partial charge is 0.325 e. The molecule has 1 heterocycles. The highest BCUT2D eigenvalue weighted by atomic mass is 32.2. The highest BCUT2D eigenvalue weighted by Crippen LogP contribution is 2.53. The summed E-state index contributed by atoms with van der Waals surface area (Å²) in [7, 11) is 0. The van der Waals surface area contributed by atoms with E-state index >= 15 is 0 Å². The van der Waals surface area contributed by atoms with E-state index in [1.165, 1.54) is 0 Å². The number of thioether (sulfide) groups is 1. The van der Waals surface area contributed by atoms with Crippen molar-refractivity contribution in [2.24, 2.45) is 5.73 Å². The Hall–Kier alpha value is -1.57. The molecule has 3 N–H and O–H groups in total. The first kappa shape index (κ1) is 20.2. The number of rotatable bonds is 5. The minimum Gasteiger partial charge on any atom is -0.460 e. The molecule has 2 fully saturated rings. The lowest BCUT2D eigenvalue weighted by Crippen LogP contribution is -2.54. The van der Waals surface area contributed by atoms with Gasteiger partial charge in [0.1, 0.15) is 24.3 Å². The fourth-order valence-electron chi connectivity index (χ4n) is 3.37. The lowest BCUT2D eigenvalue weighted by molar-refractivity contribution is -0.157. The van der Waals surface area contributed by atoms with E-state index in [2.05, 4.69) is 5.32 Å². The Morgan fingerprint density at radius 2 is 1.96 bits per heavy atom. The topological polar surface area (TPSA) is 90.6 Å². The molecule has 1 spiro atoms. The summed E-state index contributed by atoms with van der Waals surface area (Å²) < 4.78 is 10.7. The van der Waals surface area contributed by atoms with Gasteiger partial charge in [-0.05, 0) is 39.2 Å². The van der Waals surface area contributed by atoms with Crippen LogP contribution in [0.25, 0.3) is 0 Å². The van der Waals surface area contributed by atoms with E-state index in [1.807, 2.05) is 51.1 Å². The molecule has 7 heteroatoms. The van der Waals surface area contributed by atoms with E-state index in [9.17, 15) is 9.59 Å². The number of benzene rings is 1. The average molecular weight is 393 g/mol. The fourth-order valence-corrected chi connectivity index (χ4v) is 5.16. The number of nitrogens with two attached hydrogens (primary N) is 1. The van der Waals surface area contributed by atoms with Crippen molar-refractivity contribution in [2.45, 2.75) is 74.4 Å². The van der Waals surface area contributed by atoms with Crippen LogP contribution in [0.2, 0.25) is 0 Å². The molecule has 1 saturated carbocycles. The predicted octanol–water partition coefficient (Wildman–Crippen LogP) is 2.35. The van der Waals surface area contributed by atoms with Crippen LogP contribution in [0.15, 0.2) is 30.3 Å². The minimum absolute atomic E-state index is 0.237. The summed E-state index contributed by atoms with van der Waals surface area (Å²) in [4.78, 5) is 25.1. The van der Waals surface area contributed by atoms with Crippen LogP contribution >= 0.6 is 11.8 Å². The molecule has 0 amide bonds. The second-order valence-corrected chi connectivity index (χ2v) is 9.77. The summed E-state index contributed by atoms with van der Waals surface area (Å²) >= 11 is 1.58. The second kappa shape index (κ2) is 7.81. The van der Waals surface area contributed by atoms with Gasteiger partial charge in [0.05, 0.1) is 5.37 Å². The highest BCUT2D eigenvalue weighted by molar-refractivity contribution is 8.01. The third-order valence-electron chi connectivity index (χ3n) is 4.88. The Morgan fingerprint density at radius 1 is 1.30 bits per heavy atom. The number of carbonyl (C=O) groups excluding carboxylic acids is 2. The molecule has 0 aromatic heterocycles. The Bertz CT molecular complexity index is 685. The zero-order chi connectivity index (χ0) is 19.7. The summed E-state index contributed by atoms with van der Waals surface area (Å²) in [5.41, 5.74) is 6.50. The third-order valence-corrected chi connectivity index (χ3v) is 6.68. The van der Waals surface area contributed by atoms with Crippen molar-refractivity contribution >= 4 is 23.7 Å². The van der Waals surface area contributed by atoms with Crippen molar-refractivity contribution in [3.63, 3.8) is 0 Å². The standard InChI is InChI=1S/C20H28N2O4S/c1-19(2,3)26-17(23)14(21)16-22-15(20(27-16)10-7-11-20)18(24)25-12-13-8-5-4-6-9-13/h4-6,8-9,14-16,22H,7,10-12,21H2,1-3H3. The maximum Gasteiger partial charge on any atom is 0.325 e. The van der Waals surface area contributed by atoms with E-state index < -0.39 is 23.7 Å². The van der Waals surface area contributed by atoms with Gasteiger partial charge in [-0.3, -0.25) is 14.9 Å². The molecule has 148 valence electrons. The largest absolute Gasteiger partial charge is 0.460 e. The van der Waals surface area contributed by atoms with Crippen molar-refractivity contribution in [1.29, 1.82) is 0 Å². The van der Waals surface area contributed by atoms with E-state index in [4.69, 9.17) is 15.2 Å². The number of hydrogen-bond acceptors (Lipinski definition) is 7. The van der Waals surface area contributed by atoms with Gasteiger partial charge in [0.15, 0.2) is 0 Å². The van der Waals surface area contributed by atoms with Gasteiger partial charge in [0.25, 0.3) is 0 Å². The van der Waals surface area contributed by atoms with Gasteiger partial charge in [0.2, 0.25) is 0 Å². The van der Waals surface area contributed by atoms with Gasteiger partial charge in [-0.1, -0.05) is 36.8 Å². The lowest BCUT2D eigenvalue weighted by atomic mass is 9.78. The monoisotopic (exact) mass is 392 g/mol. The van der Waals surface area contributed by atoms with Crippen LogP contribution in [0.3, 0.4) is 0 Å². The highest BCUT2D eigenvalue weighted by Gasteiger charge is 2.57. The van der Waals surface area contributed by atoms with E-state index in [0.717, 1.165) is 24.8 Å². The molecule has 1 aliphatic heterocycles. The SMILES string of the molecule is CC(C)(C)OC(=O)C(N)C1NC(C(=O)OCc2ccccc2)C2(CCC2)S1. The molecule has 3 atom stereocenters. The Balaban J connectivity index is 1.63. The molecule has 1 aliphatic carbocycles. The molecule has 0 bridgehead atoms. The van der Waals surface area contributed by atoms with Crippen molar-refractivity contribution in [3.8, 4) is 0 Å². The summed E-state index contributed by atoms with van der Waals surface area (Å²) in [5.74, 6) is -0.745. The molecule has 3 unspecified atom stereocenters. The van der Waals surface area contributed by atoms with Crippen molar-refractivity contribution in [3.05, 3.63) is 35.9 Å². The Labute approximate surface area is 164 Å². The zero-order valence-corrected chi connectivity index (χ0v) is 16.9. The summed E-state index contributed by atoms with van der Waals surface area (Å²) in [6.45, 7) is 5.67. The van der Waals surface area contributed by atoms with Crippen molar-refractivity contribution in [1.82, 2.24) is 5.32 Å². The predicted molar refractivity (Wildman–Crippen MR) is 105 cm³/mol. The van der Waals surface area contributed by atoms with Crippen LogP contribution in [0.1, 0.15) is 45.6 Å². The first-order chi connectivity index (χ1) is 12.7. The van der Waals surface area contributed by atoms with Crippen molar-refractivity contribution in [2.75, 3.05) is 0 Å². The maximum absolute atomic E-state index is 12.7. The maximum atomic E-state index is 12.7. The quantitative estimate of drug-likeness (QED) is 0.743. The lowest BCUT2D eigenvalue weighted by Gasteiger charge is -2.40.